The van der Waals surface area contributed by atoms with Gasteiger partial charge in [0.15, 0.2) is 5.96 Å². The summed E-state index contributed by atoms with van der Waals surface area (Å²) >= 11 is 1.72. The molecule has 3 rings (SSSR count). The van der Waals surface area contributed by atoms with Crippen LogP contribution in [0.4, 0.5) is 0 Å². The van der Waals surface area contributed by atoms with E-state index in [0.717, 1.165) is 63.8 Å². The standard InChI is InChI=1S/C17H28N4O2S/c1-3-16-20-13(12-24-16)10-19-17(18-4-2)21-7-9-23-15(11-21)14-6-5-8-22-14/h12,14-15H,3-11H2,1-2H3,(H,18,19). The fourth-order valence-corrected chi connectivity index (χ4v) is 3.89. The lowest BCUT2D eigenvalue weighted by Gasteiger charge is -2.37. The molecule has 1 aromatic rings. The lowest BCUT2D eigenvalue weighted by atomic mass is 10.1. The van der Waals surface area contributed by atoms with Crippen molar-refractivity contribution in [2.75, 3.05) is 32.8 Å². The molecule has 2 fully saturated rings. The molecule has 0 bridgehead atoms. The van der Waals surface area contributed by atoms with Gasteiger partial charge < -0.3 is 19.7 Å². The molecule has 0 aromatic carbocycles. The van der Waals surface area contributed by atoms with Crippen molar-refractivity contribution >= 4 is 17.3 Å². The molecule has 2 atom stereocenters. The summed E-state index contributed by atoms with van der Waals surface area (Å²) in [6.45, 7) is 9.02. The van der Waals surface area contributed by atoms with Gasteiger partial charge >= 0.3 is 0 Å². The number of ether oxygens (including phenoxy) is 2. The van der Waals surface area contributed by atoms with Gasteiger partial charge in [-0.25, -0.2) is 9.98 Å². The molecular formula is C17H28N4O2S. The highest BCUT2D eigenvalue weighted by atomic mass is 32.1. The minimum atomic E-state index is 0.149. The number of nitrogens with zero attached hydrogens (tertiary/aromatic N) is 3. The summed E-state index contributed by atoms with van der Waals surface area (Å²) in [4.78, 5) is 11.7. The average molecular weight is 353 g/mol. The van der Waals surface area contributed by atoms with Gasteiger partial charge in [0.2, 0.25) is 0 Å². The van der Waals surface area contributed by atoms with E-state index in [2.05, 4.69) is 34.4 Å². The molecule has 7 heteroatoms. The molecule has 0 amide bonds. The normalized spacial score (nSPS) is 25.2. The van der Waals surface area contributed by atoms with Crippen LogP contribution in [0.15, 0.2) is 10.4 Å². The molecule has 6 nitrogen and oxygen atoms in total. The zero-order chi connectivity index (χ0) is 16.8. The number of hydrogen-bond acceptors (Lipinski definition) is 5. The number of nitrogens with one attached hydrogen (secondary N) is 1. The van der Waals surface area contributed by atoms with Crippen LogP contribution in [0.25, 0.3) is 0 Å². The van der Waals surface area contributed by atoms with Crippen molar-refractivity contribution in [1.29, 1.82) is 0 Å². The zero-order valence-electron chi connectivity index (χ0n) is 14.7. The number of guanidine groups is 1. The second-order valence-corrected chi connectivity index (χ2v) is 7.11. The number of aromatic nitrogens is 1. The SMILES string of the molecule is CCNC(=NCc1csc(CC)n1)N1CCOC(C2CCCO2)C1. The molecule has 3 heterocycles. The first-order chi connectivity index (χ1) is 11.8. The second kappa shape index (κ2) is 8.78. The molecule has 24 heavy (non-hydrogen) atoms. The van der Waals surface area contributed by atoms with Crippen molar-refractivity contribution in [3.8, 4) is 0 Å². The maximum atomic E-state index is 5.94. The van der Waals surface area contributed by atoms with E-state index in [4.69, 9.17) is 14.5 Å². The van der Waals surface area contributed by atoms with Crippen molar-refractivity contribution in [3.63, 3.8) is 0 Å². The van der Waals surface area contributed by atoms with Crippen LogP contribution in [-0.2, 0) is 22.4 Å². The Hall–Kier alpha value is -1.18. The minimum Gasteiger partial charge on any atom is -0.375 e. The summed E-state index contributed by atoms with van der Waals surface area (Å²) in [6, 6.07) is 0. The number of aliphatic imine (C=N–C) groups is 1. The van der Waals surface area contributed by atoms with E-state index in [9.17, 15) is 0 Å². The zero-order valence-corrected chi connectivity index (χ0v) is 15.5. The Morgan fingerprint density at radius 3 is 2.96 bits per heavy atom. The summed E-state index contributed by atoms with van der Waals surface area (Å²) in [5.41, 5.74) is 1.05. The lowest BCUT2D eigenvalue weighted by molar-refractivity contribution is -0.0817. The van der Waals surface area contributed by atoms with E-state index in [1.165, 1.54) is 5.01 Å². The first kappa shape index (κ1) is 17.6. The van der Waals surface area contributed by atoms with E-state index in [0.29, 0.717) is 6.54 Å². The number of morpholine rings is 1. The fourth-order valence-electron chi connectivity index (χ4n) is 3.15. The lowest BCUT2D eigenvalue weighted by Crippen LogP contribution is -2.53. The van der Waals surface area contributed by atoms with E-state index in [1.54, 1.807) is 11.3 Å². The predicted molar refractivity (Wildman–Crippen MR) is 96.6 cm³/mol. The molecule has 0 spiro atoms. The molecule has 2 saturated heterocycles. The van der Waals surface area contributed by atoms with Crippen LogP contribution in [0.5, 0.6) is 0 Å². The van der Waals surface area contributed by atoms with Crippen molar-refractivity contribution in [2.24, 2.45) is 4.99 Å². The highest BCUT2D eigenvalue weighted by Crippen LogP contribution is 2.21. The van der Waals surface area contributed by atoms with Gasteiger partial charge in [-0.1, -0.05) is 6.92 Å². The van der Waals surface area contributed by atoms with E-state index >= 15 is 0 Å². The molecule has 0 aliphatic carbocycles. The summed E-state index contributed by atoms with van der Waals surface area (Å²) < 4.78 is 11.7. The van der Waals surface area contributed by atoms with Crippen molar-refractivity contribution in [2.45, 2.75) is 51.9 Å². The van der Waals surface area contributed by atoms with Crippen LogP contribution >= 0.6 is 11.3 Å². The second-order valence-electron chi connectivity index (χ2n) is 6.16. The Bertz CT molecular complexity index is 542. The summed E-state index contributed by atoms with van der Waals surface area (Å²) in [5.74, 6) is 0.954. The van der Waals surface area contributed by atoms with E-state index in [-0.39, 0.29) is 12.2 Å². The van der Waals surface area contributed by atoms with Gasteiger partial charge in [-0.05, 0) is 26.2 Å². The van der Waals surface area contributed by atoms with Crippen LogP contribution in [0, 0.1) is 0 Å². The van der Waals surface area contributed by atoms with Crippen LogP contribution in [0.1, 0.15) is 37.4 Å². The smallest absolute Gasteiger partial charge is 0.194 e. The molecule has 134 valence electrons. The molecule has 2 aliphatic heterocycles. The fraction of sp³-hybridized carbons (Fsp3) is 0.765. The highest BCUT2D eigenvalue weighted by molar-refractivity contribution is 7.09. The van der Waals surface area contributed by atoms with Gasteiger partial charge in [0.25, 0.3) is 0 Å². The Morgan fingerprint density at radius 2 is 2.25 bits per heavy atom. The summed E-state index contributed by atoms with van der Waals surface area (Å²) in [5, 5.41) is 6.70. The largest absolute Gasteiger partial charge is 0.375 e. The van der Waals surface area contributed by atoms with Crippen LogP contribution in [0.2, 0.25) is 0 Å². The first-order valence-electron chi connectivity index (χ1n) is 9.00. The highest BCUT2D eigenvalue weighted by Gasteiger charge is 2.32. The number of thiazole rings is 1. The molecule has 1 N–H and O–H groups in total. The van der Waals surface area contributed by atoms with Crippen molar-refractivity contribution in [3.05, 3.63) is 16.1 Å². The third kappa shape index (κ3) is 4.46. The molecule has 1 aromatic heterocycles. The van der Waals surface area contributed by atoms with Gasteiger partial charge in [0, 0.05) is 31.6 Å². The predicted octanol–water partition coefficient (Wildman–Crippen LogP) is 2.05. The van der Waals surface area contributed by atoms with Crippen molar-refractivity contribution < 1.29 is 9.47 Å². The van der Waals surface area contributed by atoms with Crippen LogP contribution < -0.4 is 5.32 Å². The third-order valence-electron chi connectivity index (χ3n) is 4.40. The summed E-state index contributed by atoms with van der Waals surface area (Å²) in [7, 11) is 0. The van der Waals surface area contributed by atoms with Gasteiger partial charge in [0.1, 0.15) is 6.10 Å². The maximum absolute atomic E-state index is 5.94. The topological polar surface area (TPSA) is 59.0 Å². The Labute approximate surface area is 148 Å². The quantitative estimate of drug-likeness (QED) is 0.649. The minimum absolute atomic E-state index is 0.149. The van der Waals surface area contributed by atoms with E-state index in [1.807, 2.05) is 0 Å². The van der Waals surface area contributed by atoms with Crippen LogP contribution in [0.3, 0.4) is 0 Å². The average Bonchev–Trinajstić information content (AvgIpc) is 3.30. The molecule has 2 unspecified atom stereocenters. The monoisotopic (exact) mass is 352 g/mol. The first-order valence-corrected chi connectivity index (χ1v) is 9.87. The molecular weight excluding hydrogens is 324 g/mol. The van der Waals surface area contributed by atoms with Crippen molar-refractivity contribution in [1.82, 2.24) is 15.2 Å². The third-order valence-corrected chi connectivity index (χ3v) is 5.44. The van der Waals surface area contributed by atoms with Gasteiger partial charge in [0.05, 0.1) is 30.0 Å². The molecule has 0 radical (unpaired) electrons. The van der Waals surface area contributed by atoms with Gasteiger partial charge in [-0.2, -0.15) is 0 Å². The maximum Gasteiger partial charge on any atom is 0.194 e. The number of aryl methyl sites for hydroxylation is 1. The van der Waals surface area contributed by atoms with Gasteiger partial charge in [-0.15, -0.1) is 11.3 Å². The van der Waals surface area contributed by atoms with E-state index < -0.39 is 0 Å². The molecule has 0 saturated carbocycles. The Kier molecular flexibility index (Phi) is 6.45. The molecule has 2 aliphatic rings. The number of rotatable bonds is 5. The van der Waals surface area contributed by atoms with Crippen LogP contribution in [-0.4, -0.2) is 60.9 Å². The Morgan fingerprint density at radius 1 is 1.38 bits per heavy atom. The Balaban J connectivity index is 1.63. The summed E-state index contributed by atoms with van der Waals surface area (Å²) in [6.07, 6.45) is 3.62. The van der Waals surface area contributed by atoms with Gasteiger partial charge in [-0.3, -0.25) is 0 Å². The number of hydrogen-bond donors (Lipinski definition) is 1.